The zero-order valence-corrected chi connectivity index (χ0v) is 13.8. The summed E-state index contributed by atoms with van der Waals surface area (Å²) in [6.45, 7) is 4.18. The van der Waals surface area contributed by atoms with E-state index >= 15 is 0 Å². The molecule has 4 heteroatoms. The molecule has 21 heavy (non-hydrogen) atoms. The topological polar surface area (TPSA) is 55.1 Å². The van der Waals surface area contributed by atoms with Gasteiger partial charge >= 0.3 is 0 Å². The number of nitrogens with one attached hydrogen (secondary N) is 1. The van der Waals surface area contributed by atoms with Crippen molar-refractivity contribution in [3.05, 3.63) is 22.4 Å². The van der Waals surface area contributed by atoms with Crippen molar-refractivity contribution in [1.29, 1.82) is 0 Å². The molecule has 2 unspecified atom stereocenters. The molecule has 0 spiro atoms. The molecule has 1 heterocycles. The summed E-state index contributed by atoms with van der Waals surface area (Å²) < 4.78 is 0. The van der Waals surface area contributed by atoms with E-state index in [4.69, 9.17) is 5.73 Å². The Morgan fingerprint density at radius 3 is 2.57 bits per heavy atom. The van der Waals surface area contributed by atoms with E-state index in [1.54, 1.807) is 11.3 Å². The minimum atomic E-state index is -0.278. The normalized spacial score (nSPS) is 32.7. The molecule has 116 valence electrons. The van der Waals surface area contributed by atoms with Gasteiger partial charge in [0.2, 0.25) is 5.91 Å². The van der Waals surface area contributed by atoms with E-state index in [1.165, 1.54) is 24.1 Å². The molecular weight excluding hydrogens is 280 g/mol. The van der Waals surface area contributed by atoms with Crippen LogP contribution in [0.15, 0.2) is 17.5 Å². The third-order valence-electron chi connectivity index (χ3n) is 5.36. The number of fused-ring (bicyclic) bond motifs is 2. The van der Waals surface area contributed by atoms with Crippen LogP contribution < -0.4 is 11.1 Å². The molecule has 0 saturated heterocycles. The quantitative estimate of drug-likeness (QED) is 0.900. The van der Waals surface area contributed by atoms with Gasteiger partial charge in [0.25, 0.3) is 0 Å². The highest BCUT2D eigenvalue weighted by Crippen LogP contribution is 2.42. The summed E-state index contributed by atoms with van der Waals surface area (Å²) in [6.07, 6.45) is 5.65. The fourth-order valence-electron chi connectivity index (χ4n) is 4.11. The van der Waals surface area contributed by atoms with Crippen molar-refractivity contribution >= 4 is 17.2 Å². The first-order valence-electron chi connectivity index (χ1n) is 8.09. The first-order chi connectivity index (χ1) is 9.97. The maximum Gasteiger partial charge on any atom is 0.223 e. The Morgan fingerprint density at radius 2 is 2.00 bits per heavy atom. The van der Waals surface area contributed by atoms with Crippen LogP contribution in [0.2, 0.25) is 0 Å². The number of nitrogens with two attached hydrogens (primary N) is 1. The van der Waals surface area contributed by atoms with Gasteiger partial charge in [-0.2, -0.15) is 0 Å². The van der Waals surface area contributed by atoms with Crippen molar-refractivity contribution in [2.75, 3.05) is 0 Å². The molecular formula is C17H26N2OS. The Labute approximate surface area is 131 Å². The van der Waals surface area contributed by atoms with Crippen molar-refractivity contribution in [1.82, 2.24) is 5.32 Å². The van der Waals surface area contributed by atoms with E-state index in [0.29, 0.717) is 17.9 Å². The number of amides is 1. The van der Waals surface area contributed by atoms with E-state index < -0.39 is 0 Å². The van der Waals surface area contributed by atoms with Gasteiger partial charge < -0.3 is 11.1 Å². The molecule has 1 aromatic heterocycles. The summed E-state index contributed by atoms with van der Waals surface area (Å²) in [5.74, 6) is 1.48. The average molecular weight is 306 g/mol. The van der Waals surface area contributed by atoms with E-state index in [2.05, 4.69) is 30.6 Å². The van der Waals surface area contributed by atoms with Gasteiger partial charge in [0, 0.05) is 16.8 Å². The molecule has 1 amide bonds. The molecule has 0 radical (unpaired) electrons. The smallest absolute Gasteiger partial charge is 0.223 e. The first kappa shape index (κ1) is 15.0. The molecule has 2 fully saturated rings. The summed E-state index contributed by atoms with van der Waals surface area (Å²) in [7, 11) is 0. The Balaban J connectivity index is 1.66. The maximum absolute atomic E-state index is 12.7. The maximum atomic E-state index is 12.7. The Kier molecular flexibility index (Phi) is 4.10. The summed E-state index contributed by atoms with van der Waals surface area (Å²) in [5.41, 5.74) is 6.04. The van der Waals surface area contributed by atoms with Crippen molar-refractivity contribution in [3.63, 3.8) is 0 Å². The molecule has 2 aliphatic rings. The molecule has 1 aromatic rings. The largest absolute Gasteiger partial charge is 0.346 e. The van der Waals surface area contributed by atoms with Gasteiger partial charge in [-0.15, -0.1) is 11.3 Å². The van der Waals surface area contributed by atoms with Crippen LogP contribution in [0, 0.1) is 17.8 Å². The SMILES string of the molecule is CC(C)(NC(=O)C1CC2CCCC(C1)C2N)c1cccs1. The van der Waals surface area contributed by atoms with Crippen LogP contribution >= 0.6 is 11.3 Å². The Morgan fingerprint density at radius 1 is 1.33 bits per heavy atom. The lowest BCUT2D eigenvalue weighted by atomic mass is 9.65. The second-order valence-corrected chi connectivity index (χ2v) is 8.24. The standard InChI is InChI=1S/C17H26N2OS/c1-17(2,14-7-4-8-21-14)19-16(20)13-9-11-5-3-6-12(10-13)15(11)18/h4,7-8,11-13,15H,3,5-6,9-10,18H2,1-2H3,(H,19,20). The predicted molar refractivity (Wildman–Crippen MR) is 87.0 cm³/mol. The van der Waals surface area contributed by atoms with Gasteiger partial charge in [-0.05, 0) is 62.8 Å². The molecule has 3 rings (SSSR count). The summed E-state index contributed by atoms with van der Waals surface area (Å²) in [5, 5.41) is 5.33. The third kappa shape index (κ3) is 3.02. The van der Waals surface area contributed by atoms with Crippen LogP contribution in [0.25, 0.3) is 0 Å². The highest BCUT2D eigenvalue weighted by atomic mass is 32.1. The van der Waals surface area contributed by atoms with Crippen LogP contribution in [0.4, 0.5) is 0 Å². The molecule has 0 aromatic carbocycles. The zero-order valence-electron chi connectivity index (χ0n) is 13.0. The average Bonchev–Trinajstić information content (AvgIpc) is 2.92. The molecule has 0 aliphatic heterocycles. The molecule has 3 nitrogen and oxygen atoms in total. The second kappa shape index (κ2) is 5.73. The van der Waals surface area contributed by atoms with Gasteiger partial charge in [-0.1, -0.05) is 12.5 Å². The number of hydrogen-bond donors (Lipinski definition) is 2. The number of carbonyl (C=O) groups excluding carboxylic acids is 1. The van der Waals surface area contributed by atoms with Crippen molar-refractivity contribution in [3.8, 4) is 0 Å². The van der Waals surface area contributed by atoms with Crippen molar-refractivity contribution < 1.29 is 4.79 Å². The van der Waals surface area contributed by atoms with Gasteiger partial charge in [0.1, 0.15) is 0 Å². The lowest BCUT2D eigenvalue weighted by Crippen LogP contribution is -2.51. The number of rotatable bonds is 3. The minimum Gasteiger partial charge on any atom is -0.346 e. The van der Waals surface area contributed by atoms with E-state index in [-0.39, 0.29) is 17.4 Å². The van der Waals surface area contributed by atoms with E-state index in [9.17, 15) is 4.79 Å². The van der Waals surface area contributed by atoms with Gasteiger partial charge in [0.05, 0.1) is 5.54 Å². The van der Waals surface area contributed by atoms with Crippen molar-refractivity contribution in [2.24, 2.45) is 23.5 Å². The monoisotopic (exact) mass is 306 g/mol. The van der Waals surface area contributed by atoms with Crippen LogP contribution in [0.1, 0.15) is 50.8 Å². The van der Waals surface area contributed by atoms with Crippen LogP contribution in [0.5, 0.6) is 0 Å². The summed E-state index contributed by atoms with van der Waals surface area (Å²) >= 11 is 1.70. The third-order valence-corrected chi connectivity index (χ3v) is 6.55. The Bertz CT molecular complexity index is 483. The highest BCUT2D eigenvalue weighted by Gasteiger charge is 2.41. The molecule has 2 bridgehead atoms. The fraction of sp³-hybridized carbons (Fsp3) is 0.706. The number of thiophene rings is 1. The fourth-order valence-corrected chi connectivity index (χ4v) is 4.92. The first-order valence-corrected chi connectivity index (χ1v) is 8.97. The zero-order chi connectivity index (χ0) is 15.0. The molecule has 2 atom stereocenters. The number of hydrogen-bond acceptors (Lipinski definition) is 3. The highest BCUT2D eigenvalue weighted by molar-refractivity contribution is 7.10. The Hall–Kier alpha value is -0.870. The lowest BCUT2D eigenvalue weighted by Gasteiger charge is -2.44. The lowest BCUT2D eigenvalue weighted by molar-refractivity contribution is -0.129. The van der Waals surface area contributed by atoms with Gasteiger partial charge in [0.15, 0.2) is 0 Å². The van der Waals surface area contributed by atoms with Gasteiger partial charge in [-0.3, -0.25) is 4.79 Å². The second-order valence-electron chi connectivity index (χ2n) is 7.29. The molecule has 2 saturated carbocycles. The molecule has 3 N–H and O–H groups in total. The van der Waals surface area contributed by atoms with E-state index in [1.807, 2.05) is 6.07 Å². The van der Waals surface area contributed by atoms with Crippen LogP contribution in [-0.4, -0.2) is 11.9 Å². The predicted octanol–water partition coefficient (Wildman–Crippen LogP) is 3.25. The molecule has 2 aliphatic carbocycles. The van der Waals surface area contributed by atoms with Crippen LogP contribution in [0.3, 0.4) is 0 Å². The summed E-state index contributed by atoms with van der Waals surface area (Å²) in [4.78, 5) is 13.9. The van der Waals surface area contributed by atoms with Crippen LogP contribution in [-0.2, 0) is 10.3 Å². The van der Waals surface area contributed by atoms with E-state index in [0.717, 1.165) is 12.8 Å². The minimum absolute atomic E-state index is 0.152. The van der Waals surface area contributed by atoms with Crippen molar-refractivity contribution in [2.45, 2.75) is 57.5 Å². The number of carbonyl (C=O) groups is 1. The van der Waals surface area contributed by atoms with Gasteiger partial charge in [-0.25, -0.2) is 0 Å². The summed E-state index contributed by atoms with van der Waals surface area (Å²) in [6, 6.07) is 4.46.